The van der Waals surface area contributed by atoms with Crippen LogP contribution in [-0.4, -0.2) is 53.8 Å². The Hall–Kier alpha value is -1.30. The molecule has 2 N–H and O–H groups in total. The van der Waals surface area contributed by atoms with E-state index in [0.29, 0.717) is 26.2 Å². The molecule has 1 unspecified atom stereocenters. The molecule has 104 valence electrons. The molecule has 0 radical (unpaired) electrons. The summed E-state index contributed by atoms with van der Waals surface area (Å²) in [6.07, 6.45) is 0.502. The van der Waals surface area contributed by atoms with Crippen molar-refractivity contribution in [2.75, 3.05) is 26.3 Å². The Bertz CT molecular complexity index is 317. The van der Waals surface area contributed by atoms with Gasteiger partial charge in [0.15, 0.2) is 0 Å². The van der Waals surface area contributed by atoms with Crippen LogP contribution in [0, 0.1) is 5.92 Å². The smallest absolute Gasteiger partial charge is 0.318 e. The van der Waals surface area contributed by atoms with Crippen LogP contribution < -0.4 is 5.32 Å². The molecule has 2 amide bonds. The van der Waals surface area contributed by atoms with Crippen molar-refractivity contribution in [1.82, 2.24) is 10.2 Å². The van der Waals surface area contributed by atoms with Crippen LogP contribution in [0.4, 0.5) is 4.79 Å². The molecule has 1 atom stereocenters. The van der Waals surface area contributed by atoms with Crippen molar-refractivity contribution in [2.24, 2.45) is 5.92 Å². The van der Waals surface area contributed by atoms with Crippen LogP contribution in [0.25, 0.3) is 0 Å². The number of rotatable bonds is 4. The van der Waals surface area contributed by atoms with Gasteiger partial charge in [-0.15, -0.1) is 0 Å². The number of nitrogens with zero attached hydrogens (tertiary/aromatic N) is 1. The van der Waals surface area contributed by atoms with E-state index in [1.807, 2.05) is 13.8 Å². The summed E-state index contributed by atoms with van der Waals surface area (Å²) in [7, 11) is 0. The zero-order valence-electron chi connectivity index (χ0n) is 11.2. The number of hydrogen-bond donors (Lipinski definition) is 2. The molecule has 6 heteroatoms. The first-order chi connectivity index (χ1) is 8.38. The molecule has 0 spiro atoms. The average molecular weight is 258 g/mol. The number of ether oxygens (including phenoxy) is 1. The molecule has 1 aliphatic rings. The molecule has 0 aromatic heterocycles. The fourth-order valence-corrected chi connectivity index (χ4v) is 1.95. The van der Waals surface area contributed by atoms with Crippen LogP contribution in [0.3, 0.4) is 0 Å². The van der Waals surface area contributed by atoms with Gasteiger partial charge in [-0.05, 0) is 20.3 Å². The normalized spacial score (nSPS) is 20.3. The van der Waals surface area contributed by atoms with Crippen LogP contribution in [0.5, 0.6) is 0 Å². The summed E-state index contributed by atoms with van der Waals surface area (Å²) in [4.78, 5) is 24.6. The minimum absolute atomic E-state index is 0.165. The van der Waals surface area contributed by atoms with Crippen molar-refractivity contribution in [2.45, 2.75) is 32.7 Å². The number of carbonyl (C=O) groups excluding carboxylic acids is 1. The van der Waals surface area contributed by atoms with Gasteiger partial charge in [0.25, 0.3) is 0 Å². The Labute approximate surface area is 107 Å². The summed E-state index contributed by atoms with van der Waals surface area (Å²) in [5, 5.41) is 11.6. The number of amides is 2. The summed E-state index contributed by atoms with van der Waals surface area (Å²) in [5.41, 5.74) is -0.354. The molecule has 1 aliphatic heterocycles. The quantitative estimate of drug-likeness (QED) is 0.786. The van der Waals surface area contributed by atoms with Crippen molar-refractivity contribution in [3.63, 3.8) is 0 Å². The molecule has 1 fully saturated rings. The van der Waals surface area contributed by atoms with E-state index < -0.39 is 11.9 Å². The minimum atomic E-state index is -0.876. The second kappa shape index (κ2) is 6.04. The summed E-state index contributed by atoms with van der Waals surface area (Å²) < 4.78 is 5.33. The number of morpholine rings is 1. The van der Waals surface area contributed by atoms with Crippen molar-refractivity contribution >= 4 is 12.0 Å². The predicted octanol–water partition coefficient (Wildman–Crippen LogP) is 0.918. The highest BCUT2D eigenvalue weighted by molar-refractivity contribution is 5.76. The standard InChI is InChI=1S/C12H22N2O4/c1-4-9(10(15)16)7-13-11(17)14-5-6-18-8-12(14,2)3/h9H,4-8H2,1-3H3,(H,13,17)(H,15,16). The van der Waals surface area contributed by atoms with Gasteiger partial charge in [-0.1, -0.05) is 6.92 Å². The number of nitrogens with one attached hydrogen (secondary N) is 1. The van der Waals surface area contributed by atoms with Crippen LogP contribution >= 0.6 is 0 Å². The average Bonchev–Trinajstić information content (AvgIpc) is 2.28. The predicted molar refractivity (Wildman–Crippen MR) is 66.4 cm³/mol. The first-order valence-corrected chi connectivity index (χ1v) is 6.24. The van der Waals surface area contributed by atoms with Gasteiger partial charge in [0.05, 0.1) is 24.7 Å². The molecule has 0 aromatic carbocycles. The van der Waals surface area contributed by atoms with Crippen LogP contribution in [0.2, 0.25) is 0 Å². The van der Waals surface area contributed by atoms with Crippen molar-refractivity contribution in [3.8, 4) is 0 Å². The lowest BCUT2D eigenvalue weighted by molar-refractivity contribution is -0.141. The number of carboxylic acids is 1. The van der Waals surface area contributed by atoms with Gasteiger partial charge >= 0.3 is 12.0 Å². The summed E-state index contributed by atoms with van der Waals surface area (Å²) in [6, 6.07) is -0.219. The first kappa shape index (κ1) is 14.8. The third kappa shape index (κ3) is 3.60. The van der Waals surface area contributed by atoms with E-state index >= 15 is 0 Å². The van der Waals surface area contributed by atoms with Crippen molar-refractivity contribution < 1.29 is 19.4 Å². The van der Waals surface area contributed by atoms with E-state index in [-0.39, 0.29) is 18.1 Å². The van der Waals surface area contributed by atoms with Gasteiger partial charge in [0.2, 0.25) is 0 Å². The lowest BCUT2D eigenvalue weighted by Crippen LogP contribution is -2.58. The number of carboxylic acid groups (broad SMARTS) is 1. The number of carbonyl (C=O) groups is 2. The fourth-order valence-electron chi connectivity index (χ4n) is 1.95. The molecule has 1 saturated heterocycles. The maximum atomic E-state index is 12.0. The zero-order chi connectivity index (χ0) is 13.8. The van der Waals surface area contributed by atoms with Crippen LogP contribution in [-0.2, 0) is 9.53 Å². The Balaban J connectivity index is 2.52. The van der Waals surface area contributed by atoms with E-state index in [4.69, 9.17) is 9.84 Å². The molecule has 0 saturated carbocycles. The molecule has 0 aliphatic carbocycles. The minimum Gasteiger partial charge on any atom is -0.481 e. The summed E-state index contributed by atoms with van der Waals surface area (Å²) in [5.74, 6) is -1.41. The topological polar surface area (TPSA) is 78.9 Å². The van der Waals surface area contributed by atoms with Gasteiger partial charge in [0, 0.05) is 13.1 Å². The van der Waals surface area contributed by atoms with E-state index in [9.17, 15) is 9.59 Å². The molecular formula is C12H22N2O4. The largest absolute Gasteiger partial charge is 0.481 e. The second-order valence-corrected chi connectivity index (χ2v) is 5.15. The van der Waals surface area contributed by atoms with E-state index in [0.717, 1.165) is 0 Å². The lowest BCUT2D eigenvalue weighted by atomic mass is 10.0. The highest BCUT2D eigenvalue weighted by atomic mass is 16.5. The molecule has 0 aromatic rings. The van der Waals surface area contributed by atoms with Gasteiger partial charge in [-0.25, -0.2) is 4.79 Å². The zero-order valence-corrected chi connectivity index (χ0v) is 11.2. The number of aliphatic carboxylic acids is 1. The van der Waals surface area contributed by atoms with E-state index in [1.54, 1.807) is 11.8 Å². The molecule has 1 heterocycles. The molecule has 18 heavy (non-hydrogen) atoms. The molecule has 0 bridgehead atoms. The van der Waals surface area contributed by atoms with Crippen molar-refractivity contribution in [3.05, 3.63) is 0 Å². The Morgan fingerprint density at radius 2 is 2.17 bits per heavy atom. The first-order valence-electron chi connectivity index (χ1n) is 6.24. The third-order valence-corrected chi connectivity index (χ3v) is 3.23. The highest BCUT2D eigenvalue weighted by Crippen LogP contribution is 2.18. The summed E-state index contributed by atoms with van der Waals surface area (Å²) in [6.45, 7) is 7.37. The molecule has 6 nitrogen and oxygen atoms in total. The Kier molecular flexibility index (Phi) is 4.95. The summed E-state index contributed by atoms with van der Waals surface area (Å²) >= 11 is 0. The van der Waals surface area contributed by atoms with Gasteiger partial charge in [-0.2, -0.15) is 0 Å². The van der Waals surface area contributed by atoms with Gasteiger partial charge in [-0.3, -0.25) is 4.79 Å². The third-order valence-electron chi connectivity index (χ3n) is 3.23. The highest BCUT2D eigenvalue weighted by Gasteiger charge is 2.34. The Morgan fingerprint density at radius 3 is 2.67 bits per heavy atom. The van der Waals surface area contributed by atoms with Gasteiger partial charge in [0.1, 0.15) is 0 Å². The number of urea groups is 1. The maximum absolute atomic E-state index is 12.0. The molecule has 1 rings (SSSR count). The Morgan fingerprint density at radius 1 is 1.50 bits per heavy atom. The van der Waals surface area contributed by atoms with Gasteiger partial charge < -0.3 is 20.1 Å². The van der Waals surface area contributed by atoms with Crippen LogP contribution in [0.1, 0.15) is 27.2 Å². The van der Waals surface area contributed by atoms with Crippen molar-refractivity contribution in [1.29, 1.82) is 0 Å². The van der Waals surface area contributed by atoms with Crippen LogP contribution in [0.15, 0.2) is 0 Å². The molecular weight excluding hydrogens is 236 g/mol. The van der Waals surface area contributed by atoms with E-state index in [1.165, 1.54) is 0 Å². The lowest BCUT2D eigenvalue weighted by Gasteiger charge is -2.42. The monoisotopic (exact) mass is 258 g/mol. The van der Waals surface area contributed by atoms with E-state index in [2.05, 4.69) is 5.32 Å². The fraction of sp³-hybridized carbons (Fsp3) is 0.833. The second-order valence-electron chi connectivity index (χ2n) is 5.15. The maximum Gasteiger partial charge on any atom is 0.318 e. The SMILES string of the molecule is CCC(CNC(=O)N1CCOCC1(C)C)C(=O)O. The number of hydrogen-bond acceptors (Lipinski definition) is 3.